The predicted octanol–water partition coefficient (Wildman–Crippen LogP) is 3.25. The topological polar surface area (TPSA) is 70.1 Å². The van der Waals surface area contributed by atoms with Gasteiger partial charge in [-0.05, 0) is 35.0 Å². The van der Waals surface area contributed by atoms with Gasteiger partial charge in [-0.2, -0.15) is 0 Å². The number of aromatic nitrogens is 2. The number of carbonyl (C=O) groups is 1. The first kappa shape index (κ1) is 15.2. The number of imidazole rings is 1. The molecule has 0 aliphatic rings. The summed E-state index contributed by atoms with van der Waals surface area (Å²) in [4.78, 5) is 16.0. The Morgan fingerprint density at radius 1 is 1.00 bits per heavy atom. The van der Waals surface area contributed by atoms with Gasteiger partial charge >= 0.3 is 0 Å². The first-order valence-electron chi connectivity index (χ1n) is 8.05. The SMILES string of the molecule is NC(=O)Cn1c(COc2ccc3ccccc3c2)nc2ccccc21. The second kappa shape index (κ2) is 6.28. The minimum absolute atomic E-state index is 0.0803. The lowest BCUT2D eigenvalue weighted by molar-refractivity contribution is -0.118. The summed E-state index contributed by atoms with van der Waals surface area (Å²) in [6.45, 7) is 0.344. The molecule has 124 valence electrons. The second-order valence-corrected chi connectivity index (χ2v) is 5.87. The molecule has 1 amide bonds. The van der Waals surface area contributed by atoms with Crippen molar-refractivity contribution < 1.29 is 9.53 Å². The fourth-order valence-electron chi connectivity index (χ4n) is 2.97. The summed E-state index contributed by atoms with van der Waals surface area (Å²) < 4.78 is 7.72. The molecular weight excluding hydrogens is 314 g/mol. The van der Waals surface area contributed by atoms with Crippen molar-refractivity contribution in [3.63, 3.8) is 0 Å². The van der Waals surface area contributed by atoms with Crippen molar-refractivity contribution in [1.29, 1.82) is 0 Å². The summed E-state index contributed by atoms with van der Waals surface area (Å²) in [6.07, 6.45) is 0. The maximum Gasteiger partial charge on any atom is 0.237 e. The van der Waals surface area contributed by atoms with Crippen LogP contribution in [0.3, 0.4) is 0 Å². The zero-order chi connectivity index (χ0) is 17.2. The number of carbonyl (C=O) groups excluding carboxylic acids is 1. The van der Waals surface area contributed by atoms with Gasteiger partial charge in [0, 0.05) is 0 Å². The normalized spacial score (nSPS) is 11.0. The third-order valence-corrected chi connectivity index (χ3v) is 4.14. The number of ether oxygens (including phenoxy) is 1. The van der Waals surface area contributed by atoms with E-state index in [1.807, 2.05) is 60.7 Å². The van der Waals surface area contributed by atoms with Crippen LogP contribution in [0.5, 0.6) is 5.75 Å². The van der Waals surface area contributed by atoms with Crippen molar-refractivity contribution in [2.24, 2.45) is 5.73 Å². The van der Waals surface area contributed by atoms with Crippen molar-refractivity contribution in [3.05, 3.63) is 72.6 Å². The van der Waals surface area contributed by atoms with Gasteiger partial charge in [0.15, 0.2) is 0 Å². The summed E-state index contributed by atoms with van der Waals surface area (Å²) in [5.41, 5.74) is 7.08. The molecule has 0 atom stereocenters. The van der Waals surface area contributed by atoms with Gasteiger partial charge in [-0.25, -0.2) is 4.98 Å². The molecule has 4 aromatic rings. The molecule has 5 heteroatoms. The highest BCUT2D eigenvalue weighted by Gasteiger charge is 2.12. The van der Waals surface area contributed by atoms with Gasteiger partial charge in [0.05, 0.1) is 11.0 Å². The fourth-order valence-corrected chi connectivity index (χ4v) is 2.97. The van der Waals surface area contributed by atoms with E-state index in [-0.39, 0.29) is 13.2 Å². The van der Waals surface area contributed by atoms with E-state index in [0.717, 1.165) is 27.6 Å². The van der Waals surface area contributed by atoms with Crippen molar-refractivity contribution in [1.82, 2.24) is 9.55 Å². The molecular formula is C20H17N3O2. The standard InChI is InChI=1S/C20H17N3O2/c21-19(24)12-23-18-8-4-3-7-17(18)22-20(23)13-25-16-10-9-14-5-1-2-6-15(14)11-16/h1-11H,12-13H2,(H2,21,24). The summed E-state index contributed by atoms with van der Waals surface area (Å²) >= 11 is 0. The molecule has 0 saturated carbocycles. The molecule has 0 radical (unpaired) electrons. The lowest BCUT2D eigenvalue weighted by atomic mass is 10.1. The first-order valence-corrected chi connectivity index (χ1v) is 8.05. The van der Waals surface area contributed by atoms with E-state index >= 15 is 0 Å². The van der Waals surface area contributed by atoms with Crippen molar-refractivity contribution in [3.8, 4) is 5.75 Å². The fraction of sp³-hybridized carbons (Fsp3) is 0.100. The Kier molecular flexibility index (Phi) is 3.82. The monoisotopic (exact) mass is 331 g/mol. The number of primary amides is 1. The van der Waals surface area contributed by atoms with Gasteiger partial charge in [-0.3, -0.25) is 4.79 Å². The number of fused-ring (bicyclic) bond motifs is 2. The minimum atomic E-state index is -0.407. The van der Waals surface area contributed by atoms with Crippen molar-refractivity contribution >= 4 is 27.7 Å². The Hall–Kier alpha value is -3.34. The average molecular weight is 331 g/mol. The van der Waals surface area contributed by atoms with Gasteiger partial charge in [0.2, 0.25) is 5.91 Å². The van der Waals surface area contributed by atoms with Gasteiger partial charge < -0.3 is 15.0 Å². The van der Waals surface area contributed by atoms with Crippen molar-refractivity contribution in [2.75, 3.05) is 0 Å². The lowest BCUT2D eigenvalue weighted by Crippen LogP contribution is -2.20. The van der Waals surface area contributed by atoms with E-state index < -0.39 is 5.91 Å². The van der Waals surface area contributed by atoms with E-state index in [2.05, 4.69) is 11.1 Å². The van der Waals surface area contributed by atoms with Crippen molar-refractivity contribution in [2.45, 2.75) is 13.2 Å². The molecule has 3 aromatic carbocycles. The molecule has 2 N–H and O–H groups in total. The Labute approximate surface area is 144 Å². The first-order chi connectivity index (χ1) is 12.2. The molecule has 0 aliphatic carbocycles. The van der Waals surface area contributed by atoms with E-state index in [9.17, 15) is 4.79 Å². The van der Waals surface area contributed by atoms with Crippen LogP contribution in [0.2, 0.25) is 0 Å². The zero-order valence-corrected chi connectivity index (χ0v) is 13.6. The molecule has 0 unspecified atom stereocenters. The van der Waals surface area contributed by atoms with Crippen LogP contribution in [0.1, 0.15) is 5.82 Å². The third kappa shape index (κ3) is 3.04. The largest absolute Gasteiger partial charge is 0.486 e. The summed E-state index contributed by atoms with van der Waals surface area (Å²) in [7, 11) is 0. The van der Waals surface area contributed by atoms with E-state index in [4.69, 9.17) is 10.5 Å². The maximum atomic E-state index is 11.4. The minimum Gasteiger partial charge on any atom is -0.486 e. The second-order valence-electron chi connectivity index (χ2n) is 5.87. The van der Waals surface area contributed by atoms with Crippen LogP contribution in [0.4, 0.5) is 0 Å². The molecule has 0 aliphatic heterocycles. The van der Waals surface area contributed by atoms with Gasteiger partial charge in [0.1, 0.15) is 24.7 Å². The predicted molar refractivity (Wildman–Crippen MR) is 97.2 cm³/mol. The van der Waals surface area contributed by atoms with Crippen LogP contribution in [-0.4, -0.2) is 15.5 Å². The van der Waals surface area contributed by atoms with Gasteiger partial charge in [-0.15, -0.1) is 0 Å². The quantitative estimate of drug-likeness (QED) is 0.610. The molecule has 25 heavy (non-hydrogen) atoms. The number of para-hydroxylation sites is 2. The number of nitrogens with two attached hydrogens (primary N) is 1. The highest BCUT2D eigenvalue weighted by molar-refractivity contribution is 5.83. The highest BCUT2D eigenvalue weighted by Crippen LogP contribution is 2.22. The molecule has 0 bridgehead atoms. The Morgan fingerprint density at radius 2 is 1.76 bits per heavy atom. The summed E-state index contributed by atoms with van der Waals surface area (Å²) in [5, 5.41) is 2.28. The molecule has 4 rings (SSSR count). The van der Waals surface area contributed by atoms with Crippen LogP contribution in [-0.2, 0) is 17.9 Å². The van der Waals surface area contributed by atoms with Crippen LogP contribution < -0.4 is 10.5 Å². The number of rotatable bonds is 5. The number of benzene rings is 3. The molecule has 0 spiro atoms. The Morgan fingerprint density at radius 3 is 2.60 bits per heavy atom. The van der Waals surface area contributed by atoms with E-state index in [1.54, 1.807) is 4.57 Å². The number of hydrogen-bond donors (Lipinski definition) is 1. The van der Waals surface area contributed by atoms with Crippen LogP contribution in [0.25, 0.3) is 21.8 Å². The molecule has 0 fully saturated rings. The van der Waals surface area contributed by atoms with Crippen LogP contribution in [0.15, 0.2) is 66.7 Å². The smallest absolute Gasteiger partial charge is 0.237 e. The summed E-state index contributed by atoms with van der Waals surface area (Å²) in [5.74, 6) is 1.03. The Bertz CT molecular complexity index is 1070. The maximum absolute atomic E-state index is 11.4. The highest BCUT2D eigenvalue weighted by atomic mass is 16.5. The molecule has 0 saturated heterocycles. The van der Waals surface area contributed by atoms with Gasteiger partial charge in [-0.1, -0.05) is 42.5 Å². The number of nitrogens with zero attached hydrogens (tertiary/aromatic N) is 2. The Balaban J connectivity index is 1.64. The van der Waals surface area contributed by atoms with E-state index in [1.165, 1.54) is 0 Å². The zero-order valence-electron chi connectivity index (χ0n) is 13.6. The molecule has 1 heterocycles. The molecule has 5 nitrogen and oxygen atoms in total. The number of amides is 1. The van der Waals surface area contributed by atoms with Gasteiger partial charge in [0.25, 0.3) is 0 Å². The summed E-state index contributed by atoms with van der Waals surface area (Å²) in [6, 6.07) is 21.7. The lowest BCUT2D eigenvalue weighted by Gasteiger charge is -2.09. The molecule has 1 aromatic heterocycles. The average Bonchev–Trinajstić information content (AvgIpc) is 2.97. The van der Waals surface area contributed by atoms with Crippen LogP contribution >= 0.6 is 0 Å². The van der Waals surface area contributed by atoms with Crippen LogP contribution in [0, 0.1) is 0 Å². The third-order valence-electron chi connectivity index (χ3n) is 4.14. The van der Waals surface area contributed by atoms with E-state index in [0.29, 0.717) is 5.82 Å². The number of hydrogen-bond acceptors (Lipinski definition) is 3.